The van der Waals surface area contributed by atoms with Crippen LogP contribution in [-0.2, 0) is 21.7 Å². The molecule has 0 saturated heterocycles. The molecule has 0 heterocycles. The molecule has 0 amide bonds. The van der Waals surface area contributed by atoms with E-state index in [9.17, 15) is 20.1 Å². The Morgan fingerprint density at radius 2 is 1.00 bits per heavy atom. The molecule has 0 aliphatic carbocycles. The smallest absolute Gasteiger partial charge is 0.341 e. The molecular weight excluding hydrogens is 483 g/mol. The highest BCUT2D eigenvalue weighted by molar-refractivity contribution is 6.35. The molecule has 0 saturated carbocycles. The first-order valence-electron chi connectivity index (χ1n) is 11.7. The van der Waals surface area contributed by atoms with Gasteiger partial charge in [0.2, 0.25) is 0 Å². The molecule has 4 nitrogen and oxygen atoms in total. The van der Waals surface area contributed by atoms with Crippen LogP contribution in [0, 0.1) is 0 Å². The summed E-state index contributed by atoms with van der Waals surface area (Å²) in [6.45, 7) is 24.3. The van der Waals surface area contributed by atoms with Gasteiger partial charge < -0.3 is 15.3 Å². The van der Waals surface area contributed by atoms with Gasteiger partial charge in [0.15, 0.2) is 0 Å². The third-order valence-corrected chi connectivity index (χ3v) is 6.47. The molecule has 2 aromatic carbocycles. The molecule has 6 heteroatoms. The first-order valence-corrected chi connectivity index (χ1v) is 12.5. The van der Waals surface area contributed by atoms with Gasteiger partial charge in [-0.1, -0.05) is 106 Å². The second-order valence-corrected chi connectivity index (χ2v) is 13.9. The highest BCUT2D eigenvalue weighted by atomic mass is 35.5. The highest BCUT2D eigenvalue weighted by Crippen LogP contribution is 2.43. The second kappa shape index (κ2) is 10.2. The fraction of sp³-hybridized carbons (Fsp3) is 0.552. The lowest BCUT2D eigenvalue weighted by Gasteiger charge is -2.28. The number of rotatable bonds is 1. The van der Waals surface area contributed by atoms with Gasteiger partial charge in [-0.05, 0) is 56.5 Å². The van der Waals surface area contributed by atoms with Crippen molar-refractivity contribution in [1.82, 2.24) is 0 Å². The van der Waals surface area contributed by atoms with E-state index in [1.807, 2.05) is 53.7 Å². The van der Waals surface area contributed by atoms with Gasteiger partial charge >= 0.3 is 5.97 Å². The quantitative estimate of drug-likeness (QED) is 0.347. The number of benzene rings is 2. The lowest BCUT2D eigenvalue weighted by molar-refractivity contribution is 0.0693. The Kier molecular flexibility index (Phi) is 9.09. The van der Waals surface area contributed by atoms with Gasteiger partial charge in [-0.25, -0.2) is 4.79 Å². The molecule has 0 aliphatic heterocycles. The average Bonchev–Trinajstić information content (AvgIpc) is 2.57. The maximum Gasteiger partial charge on any atom is 0.341 e. The predicted octanol–water partition coefficient (Wildman–Crippen LogP) is 8.98. The second-order valence-electron chi connectivity index (χ2n) is 13.2. The van der Waals surface area contributed by atoms with Crippen LogP contribution < -0.4 is 0 Å². The zero-order valence-corrected chi connectivity index (χ0v) is 24.7. The zero-order chi connectivity index (χ0) is 27.9. The molecule has 0 bridgehead atoms. The normalized spacial score (nSPS) is 12.7. The van der Waals surface area contributed by atoms with Crippen molar-refractivity contribution in [3.05, 3.63) is 56.1 Å². The third-order valence-electron chi connectivity index (χ3n) is 5.77. The molecule has 2 aromatic rings. The number of carbonyl (C=O) groups is 1. The summed E-state index contributed by atoms with van der Waals surface area (Å²) >= 11 is 12.4. The van der Waals surface area contributed by atoms with Gasteiger partial charge in [0.1, 0.15) is 17.1 Å². The summed E-state index contributed by atoms with van der Waals surface area (Å²) in [5.41, 5.74) is 2.40. The van der Waals surface area contributed by atoms with E-state index in [2.05, 4.69) is 41.5 Å². The number of aromatic carboxylic acids is 1. The Hall–Kier alpha value is -1.91. The Balaban J connectivity index is 0.000000355. The Morgan fingerprint density at radius 1 is 0.629 bits per heavy atom. The van der Waals surface area contributed by atoms with E-state index in [0.717, 1.165) is 16.7 Å². The number of hydrogen-bond acceptors (Lipinski definition) is 3. The number of phenolic OH excluding ortho intramolecular Hbond substituents is 1. The number of halogens is 2. The van der Waals surface area contributed by atoms with Gasteiger partial charge in [-0.15, -0.1) is 0 Å². The van der Waals surface area contributed by atoms with Crippen LogP contribution >= 0.6 is 23.2 Å². The van der Waals surface area contributed by atoms with Gasteiger partial charge in [-0.3, -0.25) is 0 Å². The molecule has 0 aromatic heterocycles. The van der Waals surface area contributed by atoms with Crippen molar-refractivity contribution >= 4 is 29.2 Å². The van der Waals surface area contributed by atoms with Gasteiger partial charge in [0.25, 0.3) is 0 Å². The molecule has 0 fully saturated rings. The van der Waals surface area contributed by atoms with E-state index < -0.39 is 5.97 Å². The maximum atomic E-state index is 11.4. The molecular formula is C29H42Cl2O4. The van der Waals surface area contributed by atoms with Crippen molar-refractivity contribution in [1.29, 1.82) is 0 Å². The van der Waals surface area contributed by atoms with Gasteiger partial charge in [0.05, 0.1) is 5.02 Å². The summed E-state index contributed by atoms with van der Waals surface area (Å²) in [5, 5.41) is 30.2. The fourth-order valence-corrected chi connectivity index (χ4v) is 4.65. The minimum Gasteiger partial charge on any atom is -0.508 e. The molecule has 0 radical (unpaired) electrons. The van der Waals surface area contributed by atoms with Crippen LogP contribution in [0.25, 0.3) is 0 Å². The van der Waals surface area contributed by atoms with E-state index in [0.29, 0.717) is 10.6 Å². The lowest BCUT2D eigenvalue weighted by Crippen LogP contribution is -2.19. The number of carboxylic acids is 1. The Labute approximate surface area is 221 Å². The fourth-order valence-electron chi connectivity index (χ4n) is 3.70. The van der Waals surface area contributed by atoms with Crippen LogP contribution in [-0.4, -0.2) is 21.3 Å². The molecule has 2 rings (SSSR count). The van der Waals surface area contributed by atoms with Crippen LogP contribution in [0.5, 0.6) is 11.5 Å². The minimum atomic E-state index is -1.21. The van der Waals surface area contributed by atoms with Crippen molar-refractivity contribution < 1.29 is 20.1 Å². The molecule has 3 N–H and O–H groups in total. The molecule has 35 heavy (non-hydrogen) atoms. The van der Waals surface area contributed by atoms with Crippen molar-refractivity contribution in [2.75, 3.05) is 0 Å². The first-order chi connectivity index (χ1) is 15.4. The van der Waals surface area contributed by atoms with E-state index in [1.165, 1.54) is 0 Å². The standard InChI is InChI=1S/C15H21ClO3.C14H21ClO/c1-14(2,3)8-7-9(15(4,5)6)12(17)10(11(8)16)13(18)19;1-13(2,3)9-7-10(14(4,5)6)12(16)8-11(9)15/h7,17H,1-6H3,(H,18,19);7-8,16H,1-6H3. The molecule has 0 spiro atoms. The zero-order valence-electron chi connectivity index (χ0n) is 23.2. The summed E-state index contributed by atoms with van der Waals surface area (Å²) in [5.74, 6) is -1.16. The van der Waals surface area contributed by atoms with E-state index in [4.69, 9.17) is 23.2 Å². The number of phenols is 2. The molecule has 0 unspecified atom stereocenters. The van der Waals surface area contributed by atoms with Crippen molar-refractivity contribution in [2.24, 2.45) is 0 Å². The van der Waals surface area contributed by atoms with Gasteiger partial charge in [-0.2, -0.15) is 0 Å². The largest absolute Gasteiger partial charge is 0.508 e. The summed E-state index contributed by atoms with van der Waals surface area (Å²) in [6.07, 6.45) is 0. The summed E-state index contributed by atoms with van der Waals surface area (Å²) in [4.78, 5) is 11.4. The highest BCUT2D eigenvalue weighted by Gasteiger charge is 2.31. The first kappa shape index (κ1) is 31.1. The van der Waals surface area contributed by atoms with Crippen LogP contribution in [0.2, 0.25) is 10.0 Å². The van der Waals surface area contributed by atoms with Crippen LogP contribution in [0.3, 0.4) is 0 Å². The predicted molar refractivity (Wildman–Crippen MR) is 148 cm³/mol. The van der Waals surface area contributed by atoms with Crippen LogP contribution in [0.1, 0.15) is 116 Å². The molecule has 0 atom stereocenters. The number of aromatic hydroxyl groups is 2. The summed E-state index contributed by atoms with van der Waals surface area (Å²) in [6, 6.07) is 5.49. The number of hydrogen-bond donors (Lipinski definition) is 3. The van der Waals surface area contributed by atoms with Crippen molar-refractivity contribution in [2.45, 2.75) is 105 Å². The Bertz CT molecular complexity index is 1020. The van der Waals surface area contributed by atoms with E-state index in [1.54, 1.807) is 6.07 Å². The third kappa shape index (κ3) is 7.54. The average molecular weight is 526 g/mol. The van der Waals surface area contributed by atoms with E-state index in [-0.39, 0.29) is 43.7 Å². The van der Waals surface area contributed by atoms with E-state index >= 15 is 0 Å². The van der Waals surface area contributed by atoms with Gasteiger partial charge in [0, 0.05) is 10.6 Å². The SMILES string of the molecule is CC(C)(C)c1cc(C(C)(C)C)c(Cl)c(C(=O)O)c1O.CC(C)(C)c1cc(C(C)(C)C)c(Cl)cc1O. The molecule has 0 aliphatic rings. The van der Waals surface area contributed by atoms with Crippen LogP contribution in [0.15, 0.2) is 18.2 Å². The lowest BCUT2D eigenvalue weighted by atomic mass is 9.79. The summed E-state index contributed by atoms with van der Waals surface area (Å²) in [7, 11) is 0. The monoisotopic (exact) mass is 524 g/mol. The Morgan fingerprint density at radius 3 is 1.34 bits per heavy atom. The van der Waals surface area contributed by atoms with Crippen molar-refractivity contribution in [3.8, 4) is 11.5 Å². The molecule has 196 valence electrons. The topological polar surface area (TPSA) is 77.8 Å². The summed E-state index contributed by atoms with van der Waals surface area (Å²) < 4.78 is 0. The minimum absolute atomic E-state index is 0.00914. The van der Waals surface area contributed by atoms with Crippen LogP contribution in [0.4, 0.5) is 0 Å². The maximum absolute atomic E-state index is 11.4. The van der Waals surface area contributed by atoms with Crippen molar-refractivity contribution in [3.63, 3.8) is 0 Å². The number of carboxylic acid groups (broad SMARTS) is 1.